The highest BCUT2D eigenvalue weighted by molar-refractivity contribution is 7.89. The number of aryl methyl sites for hydroxylation is 1. The molecule has 0 saturated carbocycles. The van der Waals surface area contributed by atoms with E-state index in [-0.39, 0.29) is 24.5 Å². The summed E-state index contributed by atoms with van der Waals surface area (Å²) in [7, 11) is -3.49. The standard InChI is InChI=1S/C13H19ClN2O2S.ClH/c1-9-4-5-12(14)8-13(9)19(17,18)16-7-6-15-10(2)11(16)3;/h4-5,8,10-11,15H,6-7H2,1-3H3;1H. The number of piperazine rings is 1. The van der Waals surface area contributed by atoms with E-state index >= 15 is 0 Å². The minimum atomic E-state index is -3.49. The molecule has 0 bridgehead atoms. The summed E-state index contributed by atoms with van der Waals surface area (Å²) in [5, 5.41) is 3.72. The Hall–Kier alpha value is -0.330. The minimum absolute atomic E-state index is 0. The van der Waals surface area contributed by atoms with Crippen molar-refractivity contribution in [2.45, 2.75) is 37.8 Å². The topological polar surface area (TPSA) is 49.4 Å². The largest absolute Gasteiger partial charge is 0.311 e. The lowest BCUT2D eigenvalue weighted by Crippen LogP contribution is -2.57. The van der Waals surface area contributed by atoms with Gasteiger partial charge in [-0.05, 0) is 38.5 Å². The van der Waals surface area contributed by atoms with Gasteiger partial charge >= 0.3 is 0 Å². The molecule has 1 N–H and O–H groups in total. The van der Waals surface area contributed by atoms with Gasteiger partial charge in [-0.25, -0.2) is 8.42 Å². The number of nitrogens with zero attached hydrogens (tertiary/aromatic N) is 1. The van der Waals surface area contributed by atoms with E-state index in [1.807, 2.05) is 13.8 Å². The van der Waals surface area contributed by atoms with E-state index in [1.165, 1.54) is 6.07 Å². The zero-order valence-electron chi connectivity index (χ0n) is 11.8. The number of rotatable bonds is 2. The Bertz CT molecular complexity index is 578. The molecule has 1 saturated heterocycles. The van der Waals surface area contributed by atoms with Crippen LogP contribution in [-0.4, -0.2) is 37.9 Å². The Morgan fingerprint density at radius 2 is 2.00 bits per heavy atom. The van der Waals surface area contributed by atoms with Crippen molar-refractivity contribution < 1.29 is 8.42 Å². The van der Waals surface area contributed by atoms with Gasteiger partial charge in [0.1, 0.15) is 0 Å². The van der Waals surface area contributed by atoms with Crippen LogP contribution in [0.4, 0.5) is 0 Å². The molecule has 1 aliphatic rings. The fourth-order valence-corrected chi connectivity index (χ4v) is 4.54. The van der Waals surface area contributed by atoms with Crippen molar-refractivity contribution in [2.24, 2.45) is 0 Å². The molecule has 114 valence electrons. The quantitative estimate of drug-likeness (QED) is 0.900. The third kappa shape index (κ3) is 3.28. The predicted octanol–water partition coefficient (Wildman–Crippen LogP) is 2.44. The summed E-state index contributed by atoms with van der Waals surface area (Å²) >= 11 is 5.93. The number of nitrogens with one attached hydrogen (secondary N) is 1. The van der Waals surface area contributed by atoms with Crippen molar-refractivity contribution in [3.8, 4) is 0 Å². The van der Waals surface area contributed by atoms with Gasteiger partial charge in [-0.2, -0.15) is 4.31 Å². The highest BCUT2D eigenvalue weighted by Gasteiger charge is 2.35. The molecule has 20 heavy (non-hydrogen) atoms. The molecular weight excluding hydrogens is 319 g/mol. The maximum Gasteiger partial charge on any atom is 0.243 e. The first-order valence-corrected chi connectivity index (χ1v) is 8.17. The van der Waals surface area contributed by atoms with Gasteiger partial charge in [-0.1, -0.05) is 17.7 Å². The van der Waals surface area contributed by atoms with E-state index in [1.54, 1.807) is 23.4 Å². The van der Waals surface area contributed by atoms with Crippen LogP contribution in [0.2, 0.25) is 5.02 Å². The van der Waals surface area contributed by atoms with Gasteiger partial charge in [-0.15, -0.1) is 12.4 Å². The molecule has 7 heteroatoms. The second-order valence-corrected chi connectivity index (χ2v) is 7.30. The van der Waals surface area contributed by atoms with Crippen LogP contribution >= 0.6 is 24.0 Å². The van der Waals surface area contributed by atoms with Crippen LogP contribution in [0.1, 0.15) is 19.4 Å². The summed E-state index contributed by atoms with van der Waals surface area (Å²) < 4.78 is 27.1. The Morgan fingerprint density at radius 1 is 1.35 bits per heavy atom. The molecule has 1 heterocycles. The van der Waals surface area contributed by atoms with Crippen LogP contribution in [0.3, 0.4) is 0 Å². The molecule has 2 rings (SSSR count). The second-order valence-electron chi connectivity index (χ2n) is 5.01. The Labute approximate surface area is 132 Å². The zero-order valence-corrected chi connectivity index (χ0v) is 14.1. The molecule has 0 aliphatic carbocycles. The summed E-state index contributed by atoms with van der Waals surface area (Å²) in [6, 6.07) is 5.05. The van der Waals surface area contributed by atoms with E-state index in [0.717, 1.165) is 5.56 Å². The molecule has 0 radical (unpaired) electrons. The Morgan fingerprint density at radius 3 is 2.65 bits per heavy atom. The minimum Gasteiger partial charge on any atom is -0.311 e. The molecule has 2 atom stereocenters. The first kappa shape index (κ1) is 17.7. The fraction of sp³-hybridized carbons (Fsp3) is 0.538. The Kier molecular flexibility index (Phi) is 5.87. The smallest absolute Gasteiger partial charge is 0.243 e. The van der Waals surface area contributed by atoms with Gasteiger partial charge in [0.2, 0.25) is 10.0 Å². The van der Waals surface area contributed by atoms with Gasteiger partial charge < -0.3 is 5.32 Å². The molecule has 2 unspecified atom stereocenters. The van der Waals surface area contributed by atoms with Crippen LogP contribution in [-0.2, 0) is 10.0 Å². The molecule has 4 nitrogen and oxygen atoms in total. The maximum atomic E-state index is 12.8. The molecule has 0 amide bonds. The van der Waals surface area contributed by atoms with Crippen molar-refractivity contribution in [1.29, 1.82) is 0 Å². The van der Waals surface area contributed by atoms with Crippen molar-refractivity contribution >= 4 is 34.0 Å². The lowest BCUT2D eigenvalue weighted by atomic mass is 10.1. The lowest BCUT2D eigenvalue weighted by molar-refractivity contribution is 0.233. The number of benzene rings is 1. The number of hydrogen-bond donors (Lipinski definition) is 1. The summed E-state index contributed by atoms with van der Waals surface area (Å²) in [6.45, 7) is 6.87. The second kappa shape index (κ2) is 6.62. The van der Waals surface area contributed by atoms with Crippen LogP contribution in [0.15, 0.2) is 23.1 Å². The van der Waals surface area contributed by atoms with Crippen molar-refractivity contribution in [2.75, 3.05) is 13.1 Å². The first-order valence-electron chi connectivity index (χ1n) is 6.35. The van der Waals surface area contributed by atoms with Crippen LogP contribution in [0, 0.1) is 6.92 Å². The summed E-state index contributed by atoms with van der Waals surface area (Å²) in [5.74, 6) is 0. The van der Waals surface area contributed by atoms with Gasteiger partial charge in [-0.3, -0.25) is 0 Å². The molecule has 0 spiro atoms. The van der Waals surface area contributed by atoms with Crippen molar-refractivity contribution in [3.05, 3.63) is 28.8 Å². The van der Waals surface area contributed by atoms with E-state index in [9.17, 15) is 8.42 Å². The van der Waals surface area contributed by atoms with E-state index in [0.29, 0.717) is 23.0 Å². The predicted molar refractivity (Wildman–Crippen MR) is 84.3 cm³/mol. The van der Waals surface area contributed by atoms with Gasteiger partial charge in [0, 0.05) is 30.2 Å². The van der Waals surface area contributed by atoms with Crippen LogP contribution in [0.5, 0.6) is 0 Å². The number of hydrogen-bond acceptors (Lipinski definition) is 3. The molecule has 1 aromatic rings. The van der Waals surface area contributed by atoms with Gasteiger partial charge in [0.05, 0.1) is 4.90 Å². The fourth-order valence-electron chi connectivity index (χ4n) is 2.34. The van der Waals surface area contributed by atoms with Gasteiger partial charge in [0.25, 0.3) is 0 Å². The average Bonchev–Trinajstić information content (AvgIpc) is 2.35. The Balaban J connectivity index is 0.00000200. The monoisotopic (exact) mass is 338 g/mol. The maximum absolute atomic E-state index is 12.8. The third-order valence-corrected chi connectivity index (χ3v) is 6.08. The first-order chi connectivity index (χ1) is 8.84. The highest BCUT2D eigenvalue weighted by Crippen LogP contribution is 2.26. The number of halogens is 2. The lowest BCUT2D eigenvalue weighted by Gasteiger charge is -2.37. The van der Waals surface area contributed by atoms with Crippen LogP contribution in [0.25, 0.3) is 0 Å². The summed E-state index contributed by atoms with van der Waals surface area (Å²) in [6.07, 6.45) is 0. The molecule has 1 aliphatic heterocycles. The third-order valence-electron chi connectivity index (χ3n) is 3.71. The normalized spacial score (nSPS) is 24.2. The molecular formula is C13H20Cl2N2O2S. The molecule has 0 aromatic heterocycles. The zero-order chi connectivity index (χ0) is 14.2. The van der Waals surface area contributed by atoms with E-state index in [2.05, 4.69) is 5.32 Å². The summed E-state index contributed by atoms with van der Waals surface area (Å²) in [4.78, 5) is 0.306. The molecule has 1 aromatic carbocycles. The van der Waals surface area contributed by atoms with Crippen molar-refractivity contribution in [1.82, 2.24) is 9.62 Å². The average molecular weight is 339 g/mol. The molecule has 1 fully saturated rings. The SMILES string of the molecule is Cc1ccc(Cl)cc1S(=O)(=O)N1CCNC(C)C1C.Cl. The number of sulfonamides is 1. The van der Waals surface area contributed by atoms with Gasteiger partial charge in [0.15, 0.2) is 0 Å². The highest BCUT2D eigenvalue weighted by atomic mass is 35.5. The van der Waals surface area contributed by atoms with Crippen molar-refractivity contribution in [3.63, 3.8) is 0 Å². The van der Waals surface area contributed by atoms with E-state index in [4.69, 9.17) is 11.6 Å². The summed E-state index contributed by atoms with van der Waals surface area (Å²) in [5.41, 5.74) is 0.725. The van der Waals surface area contributed by atoms with E-state index < -0.39 is 10.0 Å². The van der Waals surface area contributed by atoms with Crippen LogP contribution < -0.4 is 5.32 Å².